The number of nitrogens with zero attached hydrogens (tertiary/aromatic N) is 3. The average molecular weight is 395 g/mol. The number of thiazole rings is 1. The molecule has 2 aliphatic heterocycles. The van der Waals surface area contributed by atoms with Crippen LogP contribution in [0.1, 0.15) is 5.69 Å². The van der Waals surface area contributed by atoms with E-state index in [1.807, 2.05) is 0 Å². The number of nitrogen functional groups attached to an aromatic ring is 1. The number of aromatic nitrogens is 1. The van der Waals surface area contributed by atoms with Crippen molar-refractivity contribution >= 4 is 51.7 Å². The van der Waals surface area contributed by atoms with Gasteiger partial charge in [0, 0.05) is 17.3 Å². The van der Waals surface area contributed by atoms with Crippen molar-refractivity contribution in [1.82, 2.24) is 15.2 Å². The standard InChI is InChI=1S/C14H13N5O5S2/c15-14-17-7(5-26-14)9(18-24)10(20)16-3-1-6-11(21)19-8(13(22)23)2-4-25-12(6)19/h1-3,5-6,12,24H,4H2,(H2,15,17)(H,16,20)(H,22,23)/b3-1?,18-9-/t6-,12-/m1/s1. The van der Waals surface area contributed by atoms with Crippen LogP contribution in [-0.2, 0) is 14.4 Å². The molecule has 5 N–H and O–H groups in total. The Morgan fingerprint density at radius 3 is 2.88 bits per heavy atom. The van der Waals surface area contributed by atoms with Crippen molar-refractivity contribution in [3.8, 4) is 0 Å². The topological polar surface area (TPSA) is 158 Å². The Morgan fingerprint density at radius 2 is 2.27 bits per heavy atom. The second-order valence-corrected chi connectivity index (χ2v) is 7.24. The maximum atomic E-state index is 12.2. The van der Waals surface area contributed by atoms with Crippen molar-refractivity contribution in [2.45, 2.75) is 5.37 Å². The zero-order valence-corrected chi connectivity index (χ0v) is 14.7. The highest BCUT2D eigenvalue weighted by atomic mass is 32.2. The molecule has 1 fully saturated rings. The van der Waals surface area contributed by atoms with Crippen LogP contribution in [0.4, 0.5) is 5.13 Å². The number of nitrogens with one attached hydrogen (secondary N) is 1. The van der Waals surface area contributed by atoms with Gasteiger partial charge in [-0.25, -0.2) is 9.78 Å². The fourth-order valence-corrected chi connectivity index (χ4v) is 4.30. The van der Waals surface area contributed by atoms with Crippen molar-refractivity contribution in [2.24, 2.45) is 11.1 Å². The largest absolute Gasteiger partial charge is 0.477 e. The van der Waals surface area contributed by atoms with E-state index in [4.69, 9.17) is 16.0 Å². The molecular weight excluding hydrogens is 382 g/mol. The number of hydrogen-bond donors (Lipinski definition) is 4. The number of carbonyl (C=O) groups excluding carboxylic acids is 2. The quantitative estimate of drug-likeness (QED) is 0.235. The third-order valence-corrected chi connectivity index (χ3v) is 5.58. The Labute approximate surface area is 155 Å². The van der Waals surface area contributed by atoms with Crippen molar-refractivity contribution in [2.75, 3.05) is 11.5 Å². The van der Waals surface area contributed by atoms with Gasteiger partial charge in [-0.15, -0.1) is 23.1 Å². The van der Waals surface area contributed by atoms with Crippen LogP contribution in [0.15, 0.2) is 34.6 Å². The van der Waals surface area contributed by atoms with Crippen LogP contribution >= 0.6 is 23.1 Å². The molecule has 1 aromatic heterocycles. The van der Waals surface area contributed by atoms with Crippen molar-refractivity contribution in [3.63, 3.8) is 0 Å². The first-order valence-electron chi connectivity index (χ1n) is 7.23. The lowest BCUT2D eigenvalue weighted by Crippen LogP contribution is -2.60. The van der Waals surface area contributed by atoms with Gasteiger partial charge in [-0.1, -0.05) is 11.2 Å². The third kappa shape index (κ3) is 3.15. The van der Waals surface area contributed by atoms with Gasteiger partial charge in [0.2, 0.25) is 5.91 Å². The summed E-state index contributed by atoms with van der Waals surface area (Å²) in [7, 11) is 0. The van der Waals surface area contributed by atoms with E-state index in [2.05, 4.69) is 15.5 Å². The number of aliphatic carboxylic acids is 1. The van der Waals surface area contributed by atoms with Crippen molar-refractivity contribution in [1.29, 1.82) is 0 Å². The highest BCUT2D eigenvalue weighted by Crippen LogP contribution is 2.41. The van der Waals surface area contributed by atoms with Crippen molar-refractivity contribution in [3.05, 3.63) is 35.1 Å². The van der Waals surface area contributed by atoms with Crippen LogP contribution < -0.4 is 11.1 Å². The number of β-lactam (4-membered cyclic amide) rings is 1. The summed E-state index contributed by atoms with van der Waals surface area (Å²) in [6, 6.07) is 0. The lowest BCUT2D eigenvalue weighted by molar-refractivity contribution is -0.149. The van der Waals surface area contributed by atoms with Gasteiger partial charge in [-0.05, 0) is 6.08 Å². The molecule has 0 unspecified atom stereocenters. The fraction of sp³-hybridized carbons (Fsp3) is 0.214. The Morgan fingerprint density at radius 1 is 1.50 bits per heavy atom. The Kier molecular flexibility index (Phi) is 4.95. The average Bonchev–Trinajstić information content (AvgIpc) is 3.04. The summed E-state index contributed by atoms with van der Waals surface area (Å²) in [4.78, 5) is 40.5. The normalized spacial score (nSPS) is 22.6. The number of amides is 2. The lowest BCUT2D eigenvalue weighted by atomic mass is 9.96. The second-order valence-electron chi connectivity index (χ2n) is 5.20. The van der Waals surface area contributed by atoms with E-state index in [0.29, 0.717) is 5.75 Å². The summed E-state index contributed by atoms with van der Waals surface area (Å²) in [5, 5.41) is 24.8. The highest BCUT2D eigenvalue weighted by molar-refractivity contribution is 8.00. The van der Waals surface area contributed by atoms with Gasteiger partial charge in [0.25, 0.3) is 5.91 Å². The second kappa shape index (κ2) is 7.17. The van der Waals surface area contributed by atoms with Gasteiger partial charge in [0.1, 0.15) is 11.4 Å². The zero-order valence-electron chi connectivity index (χ0n) is 13.0. The first-order chi connectivity index (χ1) is 12.4. The van der Waals surface area contributed by atoms with E-state index in [1.165, 1.54) is 40.4 Å². The van der Waals surface area contributed by atoms with Gasteiger partial charge in [-0.2, -0.15) is 0 Å². The zero-order chi connectivity index (χ0) is 18.8. The molecule has 0 saturated carbocycles. The molecule has 12 heteroatoms. The number of rotatable bonds is 5. The number of carbonyl (C=O) groups is 3. The Hall–Kier alpha value is -2.86. The van der Waals surface area contributed by atoms with Gasteiger partial charge >= 0.3 is 5.97 Å². The molecule has 1 aromatic rings. The van der Waals surface area contributed by atoms with E-state index in [0.717, 1.165) is 11.3 Å². The van der Waals surface area contributed by atoms with Crippen LogP contribution in [0, 0.1) is 5.92 Å². The fourth-order valence-electron chi connectivity index (χ4n) is 2.52. The summed E-state index contributed by atoms with van der Waals surface area (Å²) < 4.78 is 0. The molecule has 2 aliphatic rings. The first-order valence-corrected chi connectivity index (χ1v) is 9.16. The smallest absolute Gasteiger partial charge is 0.352 e. The van der Waals surface area contributed by atoms with E-state index in [-0.39, 0.29) is 33.5 Å². The van der Waals surface area contributed by atoms with E-state index >= 15 is 0 Å². The summed E-state index contributed by atoms with van der Waals surface area (Å²) in [5.41, 5.74) is 5.27. The van der Waals surface area contributed by atoms with E-state index in [1.54, 1.807) is 0 Å². The minimum absolute atomic E-state index is 0.0248. The summed E-state index contributed by atoms with van der Waals surface area (Å²) in [6.07, 6.45) is 4.23. The van der Waals surface area contributed by atoms with Crippen LogP contribution in [-0.4, -0.2) is 54.8 Å². The maximum absolute atomic E-state index is 12.2. The predicted octanol–water partition coefficient (Wildman–Crippen LogP) is 0.0333. The molecule has 10 nitrogen and oxygen atoms in total. The molecule has 136 valence electrons. The number of thioether (sulfide) groups is 1. The molecule has 0 bridgehead atoms. The van der Waals surface area contributed by atoms with Crippen LogP contribution in [0.3, 0.4) is 0 Å². The number of carboxylic acid groups (broad SMARTS) is 1. The summed E-state index contributed by atoms with van der Waals surface area (Å²) >= 11 is 2.52. The molecule has 0 aromatic carbocycles. The maximum Gasteiger partial charge on any atom is 0.352 e. The summed E-state index contributed by atoms with van der Waals surface area (Å²) in [5.74, 6) is -2.29. The number of fused-ring (bicyclic) bond motifs is 1. The predicted molar refractivity (Wildman–Crippen MR) is 94.4 cm³/mol. The number of carboxylic acids is 1. The number of anilines is 1. The number of nitrogens with two attached hydrogens (primary N) is 1. The van der Waals surface area contributed by atoms with Crippen LogP contribution in [0.5, 0.6) is 0 Å². The molecule has 0 radical (unpaired) electrons. The molecule has 0 aliphatic carbocycles. The highest BCUT2D eigenvalue weighted by Gasteiger charge is 2.50. The van der Waals surface area contributed by atoms with Gasteiger partial charge in [0.05, 0.1) is 11.3 Å². The molecule has 1 saturated heterocycles. The molecule has 0 spiro atoms. The summed E-state index contributed by atoms with van der Waals surface area (Å²) in [6.45, 7) is 0. The van der Waals surface area contributed by atoms with Gasteiger partial charge < -0.3 is 21.4 Å². The molecule has 2 amide bonds. The van der Waals surface area contributed by atoms with Crippen molar-refractivity contribution < 1.29 is 24.7 Å². The molecule has 3 rings (SSSR count). The first kappa shape index (κ1) is 17.9. The van der Waals surface area contributed by atoms with Gasteiger partial charge in [0.15, 0.2) is 10.8 Å². The molecule has 26 heavy (non-hydrogen) atoms. The Balaban J connectivity index is 1.63. The minimum atomic E-state index is -1.15. The lowest BCUT2D eigenvalue weighted by Gasteiger charge is -2.47. The monoisotopic (exact) mass is 395 g/mol. The van der Waals surface area contributed by atoms with Gasteiger partial charge in [-0.3, -0.25) is 14.5 Å². The minimum Gasteiger partial charge on any atom is -0.477 e. The third-order valence-electron chi connectivity index (χ3n) is 3.70. The van der Waals surface area contributed by atoms with E-state index < -0.39 is 17.8 Å². The molecule has 2 atom stereocenters. The molecular formula is C14H13N5O5S2. The number of hydrogen-bond acceptors (Lipinski definition) is 9. The van der Waals surface area contributed by atoms with Crippen LogP contribution in [0.2, 0.25) is 0 Å². The Bertz CT molecular complexity index is 862. The van der Waals surface area contributed by atoms with E-state index in [9.17, 15) is 14.4 Å². The van der Waals surface area contributed by atoms with Crippen LogP contribution in [0.25, 0.3) is 0 Å². The number of oxime groups is 1. The molecule has 3 heterocycles. The SMILES string of the molecule is Nc1nc(/C(=N/O)C(=O)NC=C[C@@H]2C(=O)N3C(C(=O)O)=CCS[C@H]23)cs1.